The van der Waals surface area contributed by atoms with Gasteiger partial charge in [0.05, 0.1) is 6.10 Å². The first kappa shape index (κ1) is 18.5. The largest absolute Gasteiger partial charge is 0.390 e. The van der Waals surface area contributed by atoms with E-state index in [1.54, 1.807) is 12.1 Å². The summed E-state index contributed by atoms with van der Waals surface area (Å²) in [5.74, 6) is -0.248. The number of anilines is 1. The van der Waals surface area contributed by atoms with E-state index in [0.717, 1.165) is 31.6 Å². The van der Waals surface area contributed by atoms with Crippen LogP contribution in [-0.4, -0.2) is 48.1 Å². The second-order valence-electron chi connectivity index (χ2n) is 6.85. The van der Waals surface area contributed by atoms with E-state index in [4.69, 9.17) is 0 Å². The average molecular weight is 356 g/mol. The molecule has 4 nitrogen and oxygen atoms in total. The molecule has 0 amide bonds. The molecule has 0 radical (unpaired) electrons. The first-order valence-electron chi connectivity index (χ1n) is 9.11. The van der Waals surface area contributed by atoms with Crippen LogP contribution in [-0.2, 0) is 0 Å². The number of rotatable bonds is 7. The van der Waals surface area contributed by atoms with E-state index in [1.165, 1.54) is 12.1 Å². The lowest BCUT2D eigenvalue weighted by Gasteiger charge is -2.32. The number of benzene rings is 2. The van der Waals surface area contributed by atoms with Crippen LogP contribution in [0.1, 0.15) is 23.2 Å². The van der Waals surface area contributed by atoms with E-state index in [-0.39, 0.29) is 17.5 Å². The second-order valence-corrected chi connectivity index (χ2v) is 6.85. The molecule has 5 heteroatoms. The van der Waals surface area contributed by atoms with Crippen molar-refractivity contribution in [3.63, 3.8) is 0 Å². The van der Waals surface area contributed by atoms with Crippen molar-refractivity contribution < 1.29 is 14.3 Å². The Hall–Kier alpha value is -2.24. The number of likely N-dealkylation sites (tertiary alicyclic amines) is 1. The molecule has 1 aliphatic rings. The molecule has 1 fully saturated rings. The molecule has 0 spiro atoms. The zero-order valence-electron chi connectivity index (χ0n) is 14.8. The quantitative estimate of drug-likeness (QED) is 0.748. The van der Waals surface area contributed by atoms with Crippen molar-refractivity contribution in [1.29, 1.82) is 0 Å². The van der Waals surface area contributed by atoms with Gasteiger partial charge in [-0.2, -0.15) is 0 Å². The van der Waals surface area contributed by atoms with Gasteiger partial charge in [0.2, 0.25) is 0 Å². The summed E-state index contributed by atoms with van der Waals surface area (Å²) in [4.78, 5) is 14.7. The highest BCUT2D eigenvalue weighted by Gasteiger charge is 2.26. The number of carbonyl (C=O) groups excluding carboxylic acids is 1. The van der Waals surface area contributed by atoms with Crippen molar-refractivity contribution in [1.82, 2.24) is 4.90 Å². The summed E-state index contributed by atoms with van der Waals surface area (Å²) in [7, 11) is 0. The zero-order valence-corrected chi connectivity index (χ0v) is 14.8. The van der Waals surface area contributed by atoms with Crippen molar-refractivity contribution in [2.45, 2.75) is 18.9 Å². The van der Waals surface area contributed by atoms with Crippen molar-refractivity contribution in [2.24, 2.45) is 5.92 Å². The van der Waals surface area contributed by atoms with E-state index >= 15 is 0 Å². The standard InChI is InChI=1S/C21H25FN2O2/c22-18-8-6-16(7-9-18)21(26)17-10-12-24(13-11-17)15-20(25)14-23-19-4-2-1-3-5-19/h1-9,17,20,23,25H,10-15H2. The van der Waals surface area contributed by atoms with E-state index in [2.05, 4.69) is 10.2 Å². The average Bonchev–Trinajstić information content (AvgIpc) is 2.68. The number of aliphatic hydroxyl groups excluding tert-OH is 1. The van der Waals surface area contributed by atoms with Crippen LogP contribution in [0.15, 0.2) is 54.6 Å². The topological polar surface area (TPSA) is 52.6 Å². The number of piperidine rings is 1. The molecule has 3 rings (SSSR count). The molecule has 1 saturated heterocycles. The highest BCUT2D eigenvalue weighted by Crippen LogP contribution is 2.22. The van der Waals surface area contributed by atoms with Gasteiger partial charge < -0.3 is 15.3 Å². The van der Waals surface area contributed by atoms with Crippen LogP contribution < -0.4 is 5.32 Å². The molecule has 2 N–H and O–H groups in total. The third kappa shape index (κ3) is 5.13. The number of hydrogen-bond donors (Lipinski definition) is 2. The molecule has 0 aliphatic carbocycles. The molecule has 1 aliphatic heterocycles. The number of β-amino-alcohol motifs (C(OH)–C–C–N with tert-alkyl or cyclic N) is 1. The van der Waals surface area contributed by atoms with Crippen molar-refractivity contribution in [3.05, 3.63) is 66.0 Å². The van der Waals surface area contributed by atoms with Crippen molar-refractivity contribution in [3.8, 4) is 0 Å². The minimum Gasteiger partial charge on any atom is -0.390 e. The third-order valence-corrected chi connectivity index (χ3v) is 4.87. The Morgan fingerprint density at radius 3 is 2.42 bits per heavy atom. The van der Waals surface area contributed by atoms with Crippen LogP contribution in [0.5, 0.6) is 0 Å². The SMILES string of the molecule is O=C(c1ccc(F)cc1)C1CCN(CC(O)CNc2ccccc2)CC1. The van der Waals surface area contributed by atoms with E-state index < -0.39 is 6.10 Å². The van der Waals surface area contributed by atoms with Gasteiger partial charge in [0.1, 0.15) is 5.82 Å². The number of ketones is 1. The van der Waals surface area contributed by atoms with Crippen LogP contribution in [0.3, 0.4) is 0 Å². The minimum absolute atomic E-state index is 0.0173. The number of nitrogens with one attached hydrogen (secondary N) is 1. The predicted octanol–water partition coefficient (Wildman–Crippen LogP) is 3.19. The van der Waals surface area contributed by atoms with Crippen LogP contribution in [0, 0.1) is 11.7 Å². The Morgan fingerprint density at radius 1 is 1.12 bits per heavy atom. The maximum absolute atomic E-state index is 13.0. The molecule has 2 aromatic rings. The van der Waals surface area contributed by atoms with Crippen LogP contribution >= 0.6 is 0 Å². The van der Waals surface area contributed by atoms with Gasteiger partial charge in [-0.25, -0.2) is 4.39 Å². The summed E-state index contributed by atoms with van der Waals surface area (Å²) in [6, 6.07) is 15.6. The number of Topliss-reactive ketones (excluding diaryl/α,β-unsaturated/α-hetero) is 1. The molecular weight excluding hydrogens is 331 g/mol. The van der Waals surface area contributed by atoms with Gasteiger partial charge in [-0.1, -0.05) is 18.2 Å². The smallest absolute Gasteiger partial charge is 0.166 e. The highest BCUT2D eigenvalue weighted by atomic mass is 19.1. The molecule has 2 aromatic carbocycles. The molecule has 26 heavy (non-hydrogen) atoms. The summed E-state index contributed by atoms with van der Waals surface area (Å²) in [6.45, 7) is 2.68. The van der Waals surface area contributed by atoms with Gasteiger partial charge in [0.25, 0.3) is 0 Å². The van der Waals surface area contributed by atoms with Crippen LogP contribution in [0.2, 0.25) is 0 Å². The van der Waals surface area contributed by atoms with Crippen molar-refractivity contribution >= 4 is 11.5 Å². The first-order valence-corrected chi connectivity index (χ1v) is 9.11. The number of para-hydroxylation sites is 1. The summed E-state index contributed by atoms with van der Waals surface area (Å²) >= 11 is 0. The number of aliphatic hydroxyl groups is 1. The molecule has 1 atom stereocenters. The second kappa shape index (κ2) is 8.92. The maximum atomic E-state index is 13.0. The van der Waals surface area contributed by atoms with Crippen LogP contribution in [0.4, 0.5) is 10.1 Å². The lowest BCUT2D eigenvalue weighted by Crippen LogP contribution is -2.42. The lowest BCUT2D eigenvalue weighted by atomic mass is 9.89. The maximum Gasteiger partial charge on any atom is 0.166 e. The summed E-state index contributed by atoms with van der Waals surface area (Å²) in [5, 5.41) is 13.5. The molecule has 0 saturated carbocycles. The van der Waals surface area contributed by atoms with E-state index in [9.17, 15) is 14.3 Å². The lowest BCUT2D eigenvalue weighted by molar-refractivity contribution is 0.0752. The fourth-order valence-corrected chi connectivity index (χ4v) is 3.38. The van der Waals surface area contributed by atoms with Crippen LogP contribution in [0.25, 0.3) is 0 Å². The Labute approximate surface area is 153 Å². The van der Waals surface area contributed by atoms with Gasteiger partial charge in [-0.05, 0) is 62.3 Å². The number of hydrogen-bond acceptors (Lipinski definition) is 4. The number of nitrogens with zero attached hydrogens (tertiary/aromatic N) is 1. The fraction of sp³-hybridized carbons (Fsp3) is 0.381. The number of halogens is 1. The molecule has 0 bridgehead atoms. The zero-order chi connectivity index (χ0) is 18.4. The Bertz CT molecular complexity index is 698. The van der Waals surface area contributed by atoms with Gasteiger partial charge >= 0.3 is 0 Å². The van der Waals surface area contributed by atoms with E-state index in [0.29, 0.717) is 18.7 Å². The third-order valence-electron chi connectivity index (χ3n) is 4.87. The summed E-state index contributed by atoms with van der Waals surface area (Å²) in [6.07, 6.45) is 1.09. The van der Waals surface area contributed by atoms with Gasteiger partial charge in [-0.3, -0.25) is 4.79 Å². The Balaban J connectivity index is 1.41. The van der Waals surface area contributed by atoms with Gasteiger partial charge in [0, 0.05) is 30.3 Å². The summed E-state index contributed by atoms with van der Waals surface area (Å²) in [5.41, 5.74) is 1.58. The Kier molecular flexibility index (Phi) is 6.36. The predicted molar refractivity (Wildman–Crippen MR) is 101 cm³/mol. The molecular formula is C21H25FN2O2. The summed E-state index contributed by atoms with van der Waals surface area (Å²) < 4.78 is 13.0. The van der Waals surface area contributed by atoms with Gasteiger partial charge in [0.15, 0.2) is 5.78 Å². The normalized spacial score (nSPS) is 17.0. The molecule has 1 heterocycles. The minimum atomic E-state index is -0.459. The van der Waals surface area contributed by atoms with Crippen molar-refractivity contribution in [2.75, 3.05) is 31.5 Å². The highest BCUT2D eigenvalue weighted by molar-refractivity contribution is 5.97. The van der Waals surface area contributed by atoms with E-state index in [1.807, 2.05) is 30.3 Å². The van der Waals surface area contributed by atoms with Gasteiger partial charge in [-0.15, -0.1) is 0 Å². The molecule has 138 valence electrons. The first-order chi connectivity index (χ1) is 12.6. The Morgan fingerprint density at radius 2 is 1.77 bits per heavy atom. The monoisotopic (exact) mass is 356 g/mol. The fourth-order valence-electron chi connectivity index (χ4n) is 3.38. The molecule has 1 unspecified atom stereocenters. The number of carbonyl (C=O) groups is 1. The molecule has 0 aromatic heterocycles.